The number of allylic oxidation sites excluding steroid dienone is 1. The Morgan fingerprint density at radius 3 is 2.88 bits per heavy atom. The summed E-state index contributed by atoms with van der Waals surface area (Å²) in [4.78, 5) is 8.49. The van der Waals surface area contributed by atoms with Gasteiger partial charge in [0.25, 0.3) is 0 Å². The topological polar surface area (TPSA) is 41.4 Å². The largest absolute Gasteiger partial charge is 0.259 e. The maximum atomic E-state index is 4.60. The zero-order valence-electron chi connectivity index (χ0n) is 14.2. The summed E-state index contributed by atoms with van der Waals surface area (Å²) < 4.78 is 0. The van der Waals surface area contributed by atoms with Crippen molar-refractivity contribution in [2.75, 3.05) is 11.6 Å². The molecule has 1 aromatic heterocycles. The molecule has 0 saturated heterocycles. The molecule has 1 unspecified atom stereocenters. The van der Waals surface area contributed by atoms with Crippen LogP contribution >= 0.6 is 0 Å². The molecule has 24 heavy (non-hydrogen) atoms. The number of hydrogen-bond acceptors (Lipinski definition) is 4. The minimum Gasteiger partial charge on any atom is -0.259 e. The summed E-state index contributed by atoms with van der Waals surface area (Å²) in [6.45, 7) is 5.23. The Labute approximate surface area is 143 Å². The summed E-state index contributed by atoms with van der Waals surface area (Å²) in [5.74, 6) is 1.43. The molecule has 1 aliphatic heterocycles. The second-order valence-electron chi connectivity index (χ2n) is 6.79. The first-order chi connectivity index (χ1) is 11.7. The molecule has 4 heteroatoms. The van der Waals surface area contributed by atoms with E-state index in [0.717, 1.165) is 25.2 Å². The highest BCUT2D eigenvalue weighted by molar-refractivity contribution is 5.83. The van der Waals surface area contributed by atoms with Crippen LogP contribution < -0.4 is 5.01 Å². The fourth-order valence-corrected chi connectivity index (χ4v) is 3.82. The molecule has 0 amide bonds. The molecule has 1 atom stereocenters. The number of rotatable bonds is 2. The van der Waals surface area contributed by atoms with Crippen LogP contribution in [0.15, 0.2) is 53.0 Å². The van der Waals surface area contributed by atoms with Crippen molar-refractivity contribution in [1.82, 2.24) is 9.97 Å². The Kier molecular flexibility index (Phi) is 3.89. The predicted octanol–water partition coefficient (Wildman–Crippen LogP) is 4.16. The molecule has 2 heterocycles. The van der Waals surface area contributed by atoms with E-state index >= 15 is 0 Å². The number of hydrazone groups is 1. The predicted molar refractivity (Wildman–Crippen MR) is 97.4 cm³/mol. The average molecular weight is 318 g/mol. The van der Waals surface area contributed by atoms with Crippen LogP contribution in [0.2, 0.25) is 0 Å². The molecule has 0 N–H and O–H groups in total. The fourth-order valence-electron chi connectivity index (χ4n) is 3.82. The Morgan fingerprint density at radius 1 is 1.17 bits per heavy atom. The second-order valence-corrected chi connectivity index (χ2v) is 6.79. The van der Waals surface area contributed by atoms with Gasteiger partial charge in [-0.05, 0) is 61.3 Å². The van der Waals surface area contributed by atoms with Gasteiger partial charge in [0.1, 0.15) is 0 Å². The van der Waals surface area contributed by atoms with Crippen molar-refractivity contribution in [3.05, 3.63) is 64.6 Å². The number of aryl methyl sites for hydroxylation is 2. The van der Waals surface area contributed by atoms with Crippen molar-refractivity contribution < 1.29 is 0 Å². The van der Waals surface area contributed by atoms with E-state index in [-0.39, 0.29) is 0 Å². The van der Waals surface area contributed by atoms with Gasteiger partial charge in [-0.3, -0.25) is 4.98 Å². The van der Waals surface area contributed by atoms with E-state index in [2.05, 4.69) is 47.1 Å². The molecule has 122 valence electrons. The smallest absolute Gasteiger partial charge is 0.167 e. The average Bonchev–Trinajstić information content (AvgIpc) is 2.62. The van der Waals surface area contributed by atoms with Crippen molar-refractivity contribution in [2.24, 2.45) is 5.10 Å². The summed E-state index contributed by atoms with van der Waals surface area (Å²) in [5, 5.41) is 6.54. The summed E-state index contributed by atoms with van der Waals surface area (Å²) in [5.41, 5.74) is 7.16. The van der Waals surface area contributed by atoms with E-state index in [9.17, 15) is 0 Å². The zero-order valence-corrected chi connectivity index (χ0v) is 14.2. The summed E-state index contributed by atoms with van der Waals surface area (Å²) >= 11 is 0. The van der Waals surface area contributed by atoms with Gasteiger partial charge in [-0.15, -0.1) is 0 Å². The third-order valence-electron chi connectivity index (χ3n) is 5.09. The van der Waals surface area contributed by atoms with Crippen LogP contribution in [0.25, 0.3) is 0 Å². The van der Waals surface area contributed by atoms with Gasteiger partial charge >= 0.3 is 0 Å². The number of hydrogen-bond donors (Lipinski definition) is 0. The van der Waals surface area contributed by atoms with E-state index in [1.807, 2.05) is 11.2 Å². The lowest BCUT2D eigenvalue weighted by Gasteiger charge is -2.32. The molecule has 0 saturated carbocycles. The molecule has 0 fully saturated rings. The Morgan fingerprint density at radius 2 is 2.08 bits per heavy atom. The number of anilines is 1. The van der Waals surface area contributed by atoms with E-state index in [1.54, 1.807) is 18.6 Å². The van der Waals surface area contributed by atoms with Crippen LogP contribution in [-0.4, -0.2) is 22.7 Å². The number of nitrogens with zero attached hydrogens (tertiary/aromatic N) is 4. The highest BCUT2D eigenvalue weighted by Crippen LogP contribution is 2.38. The van der Waals surface area contributed by atoms with Crippen molar-refractivity contribution in [2.45, 2.75) is 39.0 Å². The molecule has 2 aromatic rings. The van der Waals surface area contributed by atoms with Gasteiger partial charge in [-0.1, -0.05) is 23.8 Å². The summed E-state index contributed by atoms with van der Waals surface area (Å²) in [6.07, 6.45) is 10.6. The molecular weight excluding hydrogens is 296 g/mol. The van der Waals surface area contributed by atoms with E-state index in [4.69, 9.17) is 0 Å². The number of benzene rings is 1. The van der Waals surface area contributed by atoms with Crippen LogP contribution in [0.5, 0.6) is 0 Å². The third kappa shape index (κ3) is 2.84. The normalized spacial score (nSPS) is 20.2. The minimum atomic E-state index is 0.610. The number of aromatic nitrogens is 2. The summed E-state index contributed by atoms with van der Waals surface area (Å²) in [7, 11) is 0. The molecule has 0 bridgehead atoms. The van der Waals surface area contributed by atoms with Gasteiger partial charge in [0.2, 0.25) is 0 Å². The quantitative estimate of drug-likeness (QED) is 0.835. The first kappa shape index (κ1) is 15.1. The first-order valence-corrected chi connectivity index (χ1v) is 8.56. The molecule has 2 aliphatic rings. The van der Waals surface area contributed by atoms with Crippen LogP contribution in [0, 0.1) is 13.8 Å². The standard InChI is InChI=1S/C20H22N4/c1-14-3-6-19(15(2)9-14)16-4-5-17-13-24(23-11-18(17)10-16)20-12-21-7-8-22-20/h3,6-9,11-12,16H,4-5,10,13H2,1-2H3. The van der Waals surface area contributed by atoms with Crippen LogP contribution in [0.3, 0.4) is 0 Å². The van der Waals surface area contributed by atoms with Crippen molar-refractivity contribution in [1.29, 1.82) is 0 Å². The van der Waals surface area contributed by atoms with E-state index in [1.165, 1.54) is 34.3 Å². The monoisotopic (exact) mass is 318 g/mol. The van der Waals surface area contributed by atoms with Gasteiger partial charge < -0.3 is 0 Å². The molecule has 1 aromatic carbocycles. The first-order valence-electron chi connectivity index (χ1n) is 8.56. The Hall–Kier alpha value is -2.49. The summed E-state index contributed by atoms with van der Waals surface area (Å²) in [6, 6.07) is 6.84. The molecular formula is C20H22N4. The van der Waals surface area contributed by atoms with Crippen LogP contribution in [-0.2, 0) is 0 Å². The SMILES string of the molecule is Cc1ccc(C2CCC3=C(C=NN(c4cnccn4)C3)C2)c(C)c1. The van der Waals surface area contributed by atoms with Crippen molar-refractivity contribution in [3.8, 4) is 0 Å². The van der Waals surface area contributed by atoms with E-state index in [0.29, 0.717) is 5.92 Å². The molecule has 0 spiro atoms. The maximum Gasteiger partial charge on any atom is 0.167 e. The minimum absolute atomic E-state index is 0.610. The lowest BCUT2D eigenvalue weighted by molar-refractivity contribution is 0.573. The van der Waals surface area contributed by atoms with Gasteiger partial charge in [-0.2, -0.15) is 5.10 Å². The molecule has 4 rings (SSSR count). The van der Waals surface area contributed by atoms with E-state index < -0.39 is 0 Å². The van der Waals surface area contributed by atoms with Crippen molar-refractivity contribution >= 4 is 12.0 Å². The molecule has 1 aliphatic carbocycles. The fraction of sp³-hybridized carbons (Fsp3) is 0.350. The third-order valence-corrected chi connectivity index (χ3v) is 5.09. The van der Waals surface area contributed by atoms with Crippen molar-refractivity contribution in [3.63, 3.8) is 0 Å². The lowest BCUT2D eigenvalue weighted by Crippen LogP contribution is -2.28. The van der Waals surface area contributed by atoms with Gasteiger partial charge in [0, 0.05) is 12.4 Å². The van der Waals surface area contributed by atoms with Crippen LogP contribution in [0.4, 0.5) is 5.82 Å². The molecule has 0 radical (unpaired) electrons. The highest BCUT2D eigenvalue weighted by atomic mass is 15.5. The Balaban J connectivity index is 1.53. The molecule has 4 nitrogen and oxygen atoms in total. The maximum absolute atomic E-state index is 4.60. The van der Waals surface area contributed by atoms with Gasteiger partial charge in [-0.25, -0.2) is 9.99 Å². The van der Waals surface area contributed by atoms with Gasteiger partial charge in [0.05, 0.1) is 19.0 Å². The second kappa shape index (κ2) is 6.19. The lowest BCUT2D eigenvalue weighted by atomic mass is 9.78. The van der Waals surface area contributed by atoms with Crippen LogP contribution in [0.1, 0.15) is 41.9 Å². The van der Waals surface area contributed by atoms with Gasteiger partial charge in [0.15, 0.2) is 5.82 Å². The zero-order chi connectivity index (χ0) is 16.5. The highest BCUT2D eigenvalue weighted by Gasteiger charge is 2.26. The Bertz CT molecular complexity index is 808.